The van der Waals surface area contributed by atoms with Gasteiger partial charge in [0.05, 0.1) is 0 Å². The van der Waals surface area contributed by atoms with Crippen molar-refractivity contribution in [2.45, 2.75) is 65.7 Å². The van der Waals surface area contributed by atoms with Gasteiger partial charge in [-0.15, -0.1) is 0 Å². The molecule has 1 amide bonds. The Morgan fingerprint density at radius 3 is 2.17 bits per heavy atom. The molecule has 0 aromatic heterocycles. The lowest BCUT2D eigenvalue weighted by Gasteiger charge is -2.34. The van der Waals surface area contributed by atoms with E-state index in [1.165, 1.54) is 19.3 Å². The smallest absolute Gasteiger partial charge is 0.223 e. The first-order valence-corrected chi connectivity index (χ1v) is 9.44. The first-order valence-electron chi connectivity index (χ1n) is 9.44. The molecule has 2 aliphatic rings. The van der Waals surface area contributed by atoms with E-state index in [0.717, 1.165) is 45.3 Å². The highest BCUT2D eigenvalue weighted by atomic mass is 16.2. The Morgan fingerprint density at radius 1 is 0.957 bits per heavy atom. The maximum absolute atomic E-state index is 12.7. The molecule has 1 aliphatic carbocycles. The molecule has 23 heavy (non-hydrogen) atoms. The number of carbonyl (C=O) groups excluding carboxylic acids is 2. The van der Waals surface area contributed by atoms with Crippen molar-refractivity contribution < 1.29 is 9.59 Å². The normalized spacial score (nSPS) is 26.7. The third kappa shape index (κ3) is 5.30. The van der Waals surface area contributed by atoms with E-state index in [-0.39, 0.29) is 28.9 Å². The number of Topliss-reactive ketones (excluding diaryl/α,β-unsaturated/α-hetero) is 1. The van der Waals surface area contributed by atoms with E-state index in [4.69, 9.17) is 0 Å². The average molecular weight is 322 g/mol. The zero-order chi connectivity index (χ0) is 16.9. The Bertz CT molecular complexity index is 408. The van der Waals surface area contributed by atoms with Crippen LogP contribution in [0.1, 0.15) is 65.7 Å². The van der Waals surface area contributed by atoms with E-state index in [1.54, 1.807) is 0 Å². The summed E-state index contributed by atoms with van der Waals surface area (Å²) >= 11 is 0. The van der Waals surface area contributed by atoms with Crippen LogP contribution in [0.15, 0.2) is 0 Å². The Morgan fingerprint density at radius 2 is 1.57 bits per heavy atom. The predicted molar refractivity (Wildman–Crippen MR) is 93.2 cm³/mol. The molecule has 1 saturated carbocycles. The number of nitrogens with one attached hydrogen (secondary N) is 1. The summed E-state index contributed by atoms with van der Waals surface area (Å²) in [5.41, 5.74) is -0.353. The minimum atomic E-state index is -0.353. The number of hydrogen-bond acceptors (Lipinski definition) is 3. The molecule has 1 heterocycles. The molecule has 1 saturated heterocycles. The van der Waals surface area contributed by atoms with Crippen molar-refractivity contribution in [1.29, 1.82) is 0 Å². The standard InChI is InChI=1S/C19H34N2O2/c1-19(2,3)17(22)15-9-5-6-10-16(15)18(23)20-11-14-21-12-7-4-8-13-21/h15-16H,4-14H2,1-3H3,(H,20,23). The van der Waals surface area contributed by atoms with Crippen molar-refractivity contribution in [1.82, 2.24) is 10.2 Å². The van der Waals surface area contributed by atoms with Crippen LogP contribution in [0, 0.1) is 17.3 Å². The highest BCUT2D eigenvalue weighted by Gasteiger charge is 2.39. The Hall–Kier alpha value is -0.900. The van der Waals surface area contributed by atoms with Crippen LogP contribution >= 0.6 is 0 Å². The molecular weight excluding hydrogens is 288 g/mol. The number of amides is 1. The molecule has 0 radical (unpaired) electrons. The SMILES string of the molecule is CC(C)(C)C(=O)C1CCCCC1C(=O)NCCN1CCCCC1. The third-order valence-electron chi connectivity index (χ3n) is 5.35. The van der Waals surface area contributed by atoms with Gasteiger partial charge in [-0.1, -0.05) is 40.0 Å². The average Bonchev–Trinajstić information content (AvgIpc) is 2.54. The van der Waals surface area contributed by atoms with Crippen molar-refractivity contribution in [3.63, 3.8) is 0 Å². The number of piperidine rings is 1. The van der Waals surface area contributed by atoms with Crippen LogP contribution in [0.25, 0.3) is 0 Å². The fraction of sp³-hybridized carbons (Fsp3) is 0.895. The zero-order valence-electron chi connectivity index (χ0n) is 15.2. The van der Waals surface area contributed by atoms with Crippen molar-refractivity contribution in [2.75, 3.05) is 26.2 Å². The Balaban J connectivity index is 1.84. The maximum atomic E-state index is 12.7. The number of ketones is 1. The zero-order valence-corrected chi connectivity index (χ0v) is 15.2. The molecule has 4 nitrogen and oxygen atoms in total. The van der Waals surface area contributed by atoms with Gasteiger partial charge in [-0.3, -0.25) is 9.59 Å². The summed E-state index contributed by atoms with van der Waals surface area (Å²) < 4.78 is 0. The Labute approximate surface area is 141 Å². The van der Waals surface area contributed by atoms with Crippen LogP contribution in [-0.4, -0.2) is 42.8 Å². The van der Waals surface area contributed by atoms with E-state index >= 15 is 0 Å². The summed E-state index contributed by atoms with van der Waals surface area (Å²) in [5.74, 6) is 0.160. The summed E-state index contributed by atoms with van der Waals surface area (Å²) in [4.78, 5) is 27.7. The van der Waals surface area contributed by atoms with Crippen molar-refractivity contribution in [3.05, 3.63) is 0 Å². The second kappa shape index (κ2) is 8.27. The van der Waals surface area contributed by atoms with Gasteiger partial charge in [0.15, 0.2) is 0 Å². The summed E-state index contributed by atoms with van der Waals surface area (Å²) in [5, 5.41) is 3.10. The molecule has 2 fully saturated rings. The number of carbonyl (C=O) groups is 2. The van der Waals surface area contributed by atoms with Gasteiger partial charge in [0.1, 0.15) is 5.78 Å². The van der Waals surface area contributed by atoms with E-state index in [0.29, 0.717) is 6.54 Å². The molecule has 2 atom stereocenters. The van der Waals surface area contributed by atoms with Crippen LogP contribution in [0.4, 0.5) is 0 Å². The van der Waals surface area contributed by atoms with Crippen molar-refractivity contribution in [2.24, 2.45) is 17.3 Å². The molecular formula is C19H34N2O2. The molecule has 2 rings (SSSR count). The minimum absolute atomic E-state index is 0.0845. The van der Waals surface area contributed by atoms with Gasteiger partial charge in [0.25, 0.3) is 0 Å². The lowest BCUT2D eigenvalue weighted by Crippen LogP contribution is -2.45. The largest absolute Gasteiger partial charge is 0.355 e. The predicted octanol–water partition coefficient (Wildman–Crippen LogP) is 3.01. The molecule has 2 unspecified atom stereocenters. The topological polar surface area (TPSA) is 49.4 Å². The van der Waals surface area contributed by atoms with E-state index in [2.05, 4.69) is 10.2 Å². The van der Waals surface area contributed by atoms with Gasteiger partial charge in [0, 0.05) is 30.3 Å². The van der Waals surface area contributed by atoms with Gasteiger partial charge in [-0.2, -0.15) is 0 Å². The van der Waals surface area contributed by atoms with Gasteiger partial charge in [-0.05, 0) is 38.8 Å². The second-order valence-electron chi connectivity index (χ2n) is 8.31. The summed E-state index contributed by atoms with van der Waals surface area (Å²) in [7, 11) is 0. The van der Waals surface area contributed by atoms with Gasteiger partial charge < -0.3 is 10.2 Å². The van der Waals surface area contributed by atoms with Crippen molar-refractivity contribution >= 4 is 11.7 Å². The van der Waals surface area contributed by atoms with E-state index < -0.39 is 0 Å². The lowest BCUT2D eigenvalue weighted by atomic mass is 9.70. The van der Waals surface area contributed by atoms with Gasteiger partial charge in [0.2, 0.25) is 5.91 Å². The van der Waals surface area contributed by atoms with Crippen LogP contribution in [-0.2, 0) is 9.59 Å². The molecule has 0 aromatic rings. The number of likely N-dealkylation sites (tertiary alicyclic amines) is 1. The molecule has 132 valence electrons. The van der Waals surface area contributed by atoms with Crippen LogP contribution < -0.4 is 5.32 Å². The summed E-state index contributed by atoms with van der Waals surface area (Å²) in [6, 6.07) is 0. The number of hydrogen-bond donors (Lipinski definition) is 1. The summed E-state index contributed by atoms with van der Waals surface area (Å²) in [6.07, 6.45) is 7.77. The summed E-state index contributed by atoms with van der Waals surface area (Å²) in [6.45, 7) is 9.87. The quantitative estimate of drug-likeness (QED) is 0.846. The third-order valence-corrected chi connectivity index (χ3v) is 5.35. The van der Waals surface area contributed by atoms with Crippen molar-refractivity contribution in [3.8, 4) is 0 Å². The van der Waals surface area contributed by atoms with Crippen LogP contribution in [0.3, 0.4) is 0 Å². The highest BCUT2D eigenvalue weighted by Crippen LogP contribution is 2.35. The van der Waals surface area contributed by atoms with Crippen LogP contribution in [0.5, 0.6) is 0 Å². The molecule has 1 N–H and O–H groups in total. The van der Waals surface area contributed by atoms with E-state index in [1.807, 2.05) is 20.8 Å². The molecule has 4 heteroatoms. The van der Waals surface area contributed by atoms with Gasteiger partial charge >= 0.3 is 0 Å². The first-order chi connectivity index (χ1) is 10.9. The molecule has 0 aromatic carbocycles. The first kappa shape index (κ1) is 18.4. The fourth-order valence-electron chi connectivity index (χ4n) is 3.97. The number of nitrogens with zero attached hydrogens (tertiary/aromatic N) is 1. The number of rotatable bonds is 5. The Kier molecular flexibility index (Phi) is 6.63. The minimum Gasteiger partial charge on any atom is -0.355 e. The van der Waals surface area contributed by atoms with Crippen LogP contribution in [0.2, 0.25) is 0 Å². The molecule has 1 aliphatic heterocycles. The van der Waals surface area contributed by atoms with E-state index in [9.17, 15) is 9.59 Å². The van der Waals surface area contributed by atoms with Gasteiger partial charge in [-0.25, -0.2) is 0 Å². The highest BCUT2D eigenvalue weighted by molar-refractivity contribution is 5.91. The monoisotopic (exact) mass is 322 g/mol. The fourth-order valence-corrected chi connectivity index (χ4v) is 3.97. The second-order valence-corrected chi connectivity index (χ2v) is 8.31. The lowest BCUT2D eigenvalue weighted by molar-refractivity contribution is -0.139. The molecule has 0 spiro atoms. The maximum Gasteiger partial charge on any atom is 0.223 e. The molecule has 0 bridgehead atoms.